The zero-order valence-corrected chi connectivity index (χ0v) is 16.4. The maximum Gasteiger partial charge on any atom is 0.257 e. The quantitative estimate of drug-likeness (QED) is 0.503. The monoisotopic (exact) mass is 396 g/mol. The lowest BCUT2D eigenvalue weighted by Crippen LogP contribution is -2.31. The Balaban J connectivity index is 1.65. The zero-order chi connectivity index (χ0) is 19.9. The van der Waals surface area contributed by atoms with Crippen LogP contribution in [0.3, 0.4) is 0 Å². The van der Waals surface area contributed by atoms with Gasteiger partial charge in [-0.25, -0.2) is 9.37 Å². The number of amides is 1. The van der Waals surface area contributed by atoms with Gasteiger partial charge in [0, 0.05) is 11.9 Å². The van der Waals surface area contributed by atoms with Crippen LogP contribution >= 0.6 is 11.3 Å². The topological polar surface area (TPSA) is 42.4 Å². The van der Waals surface area contributed by atoms with Gasteiger partial charge in [0.25, 0.3) is 5.91 Å². The number of carbonyl (C=O) groups is 1. The molecule has 0 aliphatic carbocycles. The highest BCUT2D eigenvalue weighted by Crippen LogP contribution is 2.18. The van der Waals surface area contributed by atoms with Crippen molar-refractivity contribution in [1.29, 1.82) is 0 Å². The lowest BCUT2D eigenvalue weighted by atomic mass is 10.2. The van der Waals surface area contributed by atoms with E-state index in [1.54, 1.807) is 18.2 Å². The van der Waals surface area contributed by atoms with E-state index in [1.165, 1.54) is 33.9 Å². The number of carbonyl (C=O) groups excluding carboxylic acids is 1. The highest BCUT2D eigenvalue weighted by molar-refractivity contribution is 7.09. The average Bonchev–Trinajstić information content (AvgIpc) is 3.14. The third kappa shape index (κ3) is 5.04. The van der Waals surface area contributed by atoms with Gasteiger partial charge in [0.1, 0.15) is 23.2 Å². The lowest BCUT2D eigenvalue weighted by molar-refractivity contribution is 0.0756. The number of aryl methyl sites for hydroxylation is 1. The van der Waals surface area contributed by atoms with Gasteiger partial charge in [0.15, 0.2) is 0 Å². The summed E-state index contributed by atoms with van der Waals surface area (Å²) >= 11 is 1.47. The van der Waals surface area contributed by atoms with Gasteiger partial charge in [-0.3, -0.25) is 4.79 Å². The molecule has 4 nitrogen and oxygen atoms in total. The Morgan fingerprint density at radius 1 is 1.25 bits per heavy atom. The fraction of sp³-hybridized carbons (Fsp3) is 0.182. The van der Waals surface area contributed by atoms with Crippen molar-refractivity contribution in [2.75, 3.05) is 6.54 Å². The fourth-order valence-electron chi connectivity index (χ4n) is 2.64. The summed E-state index contributed by atoms with van der Waals surface area (Å²) in [6.45, 7) is 6.65. The first-order chi connectivity index (χ1) is 13.6. The minimum Gasteiger partial charge on any atom is -0.486 e. The average molecular weight is 396 g/mol. The summed E-state index contributed by atoms with van der Waals surface area (Å²) in [6.07, 6.45) is 1.62. The van der Waals surface area contributed by atoms with E-state index in [0.29, 0.717) is 13.2 Å². The molecule has 0 N–H and O–H groups in total. The maximum atomic E-state index is 14.0. The molecule has 28 heavy (non-hydrogen) atoms. The number of nitrogens with zero attached hydrogens (tertiary/aromatic N) is 2. The lowest BCUT2D eigenvalue weighted by Gasteiger charge is -2.20. The Hall–Kier alpha value is -2.99. The maximum absolute atomic E-state index is 14.0. The number of aromatic nitrogens is 1. The highest BCUT2D eigenvalue weighted by atomic mass is 32.1. The Labute approximate surface area is 167 Å². The summed E-state index contributed by atoms with van der Waals surface area (Å²) in [4.78, 5) is 18.7. The predicted octanol–water partition coefficient (Wildman–Crippen LogP) is 5.00. The van der Waals surface area contributed by atoms with Crippen LogP contribution in [0.25, 0.3) is 0 Å². The van der Waals surface area contributed by atoms with Crippen molar-refractivity contribution >= 4 is 17.2 Å². The van der Waals surface area contributed by atoms with Crippen molar-refractivity contribution in [2.45, 2.75) is 20.1 Å². The largest absolute Gasteiger partial charge is 0.486 e. The van der Waals surface area contributed by atoms with Crippen LogP contribution in [-0.2, 0) is 13.2 Å². The third-order valence-electron chi connectivity index (χ3n) is 4.08. The van der Waals surface area contributed by atoms with E-state index in [2.05, 4.69) is 11.6 Å². The van der Waals surface area contributed by atoms with Crippen LogP contribution in [0, 0.1) is 12.7 Å². The van der Waals surface area contributed by atoms with Crippen molar-refractivity contribution in [2.24, 2.45) is 0 Å². The minimum atomic E-state index is -0.535. The summed E-state index contributed by atoms with van der Waals surface area (Å²) < 4.78 is 19.7. The van der Waals surface area contributed by atoms with Gasteiger partial charge in [-0.05, 0) is 31.2 Å². The van der Waals surface area contributed by atoms with Crippen LogP contribution in [0.4, 0.5) is 4.39 Å². The van der Waals surface area contributed by atoms with Crippen LogP contribution < -0.4 is 4.74 Å². The molecule has 0 aliphatic rings. The van der Waals surface area contributed by atoms with Gasteiger partial charge in [0.05, 0.1) is 17.8 Å². The Morgan fingerprint density at radius 2 is 2.00 bits per heavy atom. The van der Waals surface area contributed by atoms with E-state index >= 15 is 0 Å². The minimum absolute atomic E-state index is 0.0440. The summed E-state index contributed by atoms with van der Waals surface area (Å²) in [5, 5.41) is 2.70. The standard InChI is InChI=1S/C22H21FN2O2S/c1-3-12-25(22(26)19-6-4-5-7-20(19)23)13-17-15-28-21(24-17)14-27-18-10-8-16(2)9-11-18/h3-11,15H,1,12-14H2,2H3. The molecule has 6 heteroatoms. The number of rotatable bonds is 8. The molecule has 0 fully saturated rings. The molecular weight excluding hydrogens is 375 g/mol. The molecule has 1 heterocycles. The Kier molecular flexibility index (Phi) is 6.55. The molecule has 0 atom stereocenters. The number of hydrogen-bond acceptors (Lipinski definition) is 4. The summed E-state index contributed by atoms with van der Waals surface area (Å²) in [5.41, 5.74) is 1.95. The molecule has 1 aromatic heterocycles. The molecule has 0 saturated carbocycles. The Bertz CT molecular complexity index is 953. The van der Waals surface area contributed by atoms with Crippen molar-refractivity contribution in [3.63, 3.8) is 0 Å². The predicted molar refractivity (Wildman–Crippen MR) is 109 cm³/mol. The normalized spacial score (nSPS) is 10.5. The molecule has 0 saturated heterocycles. The van der Waals surface area contributed by atoms with Gasteiger partial charge in [-0.2, -0.15) is 0 Å². The summed E-state index contributed by atoms with van der Waals surface area (Å²) in [6, 6.07) is 13.8. The van der Waals surface area contributed by atoms with Crippen molar-refractivity contribution in [1.82, 2.24) is 9.88 Å². The van der Waals surface area contributed by atoms with Gasteiger partial charge < -0.3 is 9.64 Å². The Morgan fingerprint density at radius 3 is 2.71 bits per heavy atom. The highest BCUT2D eigenvalue weighted by Gasteiger charge is 2.19. The number of hydrogen-bond donors (Lipinski definition) is 0. The fourth-order valence-corrected chi connectivity index (χ4v) is 3.34. The van der Waals surface area contributed by atoms with E-state index in [9.17, 15) is 9.18 Å². The molecule has 0 bridgehead atoms. The van der Waals surface area contributed by atoms with Crippen LogP contribution in [-0.4, -0.2) is 22.3 Å². The van der Waals surface area contributed by atoms with E-state index in [4.69, 9.17) is 4.74 Å². The van der Waals surface area contributed by atoms with Gasteiger partial charge in [-0.15, -0.1) is 17.9 Å². The molecule has 0 spiro atoms. The summed E-state index contributed by atoms with van der Waals surface area (Å²) in [5.74, 6) is -0.138. The number of benzene rings is 2. The molecule has 0 aliphatic heterocycles. The van der Waals surface area contributed by atoms with Gasteiger partial charge >= 0.3 is 0 Å². The first-order valence-corrected chi connectivity index (χ1v) is 9.72. The molecule has 0 radical (unpaired) electrons. The van der Waals surface area contributed by atoms with E-state index in [-0.39, 0.29) is 18.0 Å². The molecule has 1 amide bonds. The van der Waals surface area contributed by atoms with Crippen molar-refractivity contribution < 1.29 is 13.9 Å². The number of halogens is 1. The van der Waals surface area contributed by atoms with Crippen molar-refractivity contribution in [3.8, 4) is 5.75 Å². The van der Waals surface area contributed by atoms with E-state index < -0.39 is 5.82 Å². The smallest absolute Gasteiger partial charge is 0.257 e. The first-order valence-electron chi connectivity index (χ1n) is 8.84. The van der Waals surface area contributed by atoms with Crippen LogP contribution in [0.5, 0.6) is 5.75 Å². The van der Waals surface area contributed by atoms with E-state index in [1.807, 2.05) is 36.6 Å². The molecule has 144 valence electrons. The number of thiazole rings is 1. The van der Waals surface area contributed by atoms with Crippen molar-refractivity contribution in [3.05, 3.63) is 94.2 Å². The van der Waals surface area contributed by atoms with Gasteiger partial charge in [-0.1, -0.05) is 35.9 Å². The molecule has 3 aromatic rings. The number of ether oxygens (including phenoxy) is 1. The first kappa shape index (κ1) is 19.8. The second-order valence-corrected chi connectivity index (χ2v) is 7.23. The second-order valence-electron chi connectivity index (χ2n) is 6.29. The molecule has 2 aromatic carbocycles. The SMILES string of the molecule is C=CCN(Cc1csc(COc2ccc(C)cc2)n1)C(=O)c1ccccc1F. The second kappa shape index (κ2) is 9.28. The molecule has 0 unspecified atom stereocenters. The van der Waals surface area contributed by atoms with Crippen LogP contribution in [0.2, 0.25) is 0 Å². The third-order valence-corrected chi connectivity index (χ3v) is 4.95. The summed E-state index contributed by atoms with van der Waals surface area (Å²) in [7, 11) is 0. The van der Waals surface area contributed by atoms with Gasteiger partial charge in [0.2, 0.25) is 0 Å². The van der Waals surface area contributed by atoms with Crippen LogP contribution in [0.15, 0.2) is 66.6 Å². The molecular formula is C22H21FN2O2S. The zero-order valence-electron chi connectivity index (χ0n) is 15.6. The van der Waals surface area contributed by atoms with Crippen LogP contribution in [0.1, 0.15) is 26.6 Å². The molecule has 3 rings (SSSR count). The van der Waals surface area contributed by atoms with E-state index in [0.717, 1.165) is 16.5 Å².